The van der Waals surface area contributed by atoms with Gasteiger partial charge in [0, 0.05) is 18.8 Å². The molecule has 5 nitrogen and oxygen atoms in total. The number of rotatable bonds is 2. The number of nitrogens with two attached hydrogens (primary N) is 1. The Morgan fingerprint density at radius 2 is 1.94 bits per heavy atom. The predicted octanol–water partition coefficient (Wildman–Crippen LogP) is 0.598. The van der Waals surface area contributed by atoms with Gasteiger partial charge in [-0.3, -0.25) is 0 Å². The van der Waals surface area contributed by atoms with Gasteiger partial charge in [-0.25, -0.2) is 8.42 Å². The van der Waals surface area contributed by atoms with Gasteiger partial charge in [-0.2, -0.15) is 4.31 Å². The van der Waals surface area contributed by atoms with E-state index in [9.17, 15) is 8.42 Å². The molecule has 6 heteroatoms. The van der Waals surface area contributed by atoms with Crippen molar-refractivity contribution in [2.75, 3.05) is 32.0 Å². The molecule has 1 saturated heterocycles. The second-order valence-electron chi connectivity index (χ2n) is 4.03. The molecule has 0 saturated carbocycles. The van der Waals surface area contributed by atoms with Crippen molar-refractivity contribution in [1.82, 2.24) is 4.31 Å². The minimum Gasteiger partial charge on any atom is -0.399 e. The van der Waals surface area contributed by atoms with Crippen LogP contribution in [0.5, 0.6) is 0 Å². The maximum atomic E-state index is 12.3. The molecule has 0 spiro atoms. The molecule has 2 rings (SSSR count). The number of sulfonamides is 1. The van der Waals surface area contributed by atoms with Crippen molar-refractivity contribution >= 4 is 15.7 Å². The topological polar surface area (TPSA) is 72.6 Å². The van der Waals surface area contributed by atoms with E-state index < -0.39 is 10.0 Å². The summed E-state index contributed by atoms with van der Waals surface area (Å²) in [6.07, 6.45) is 0. The minimum absolute atomic E-state index is 0.297. The zero-order valence-corrected chi connectivity index (χ0v) is 10.5. The van der Waals surface area contributed by atoms with Gasteiger partial charge >= 0.3 is 0 Å². The third kappa shape index (κ3) is 2.43. The van der Waals surface area contributed by atoms with Crippen molar-refractivity contribution < 1.29 is 13.2 Å². The molecule has 0 aliphatic carbocycles. The van der Waals surface area contributed by atoms with E-state index in [1.54, 1.807) is 25.1 Å². The lowest BCUT2D eigenvalue weighted by Crippen LogP contribution is -2.40. The van der Waals surface area contributed by atoms with Crippen molar-refractivity contribution in [2.24, 2.45) is 0 Å². The van der Waals surface area contributed by atoms with E-state index in [1.807, 2.05) is 0 Å². The Morgan fingerprint density at radius 1 is 1.29 bits per heavy atom. The summed E-state index contributed by atoms with van der Waals surface area (Å²) < 4.78 is 31.2. The Hall–Kier alpha value is -1.11. The largest absolute Gasteiger partial charge is 0.399 e. The van der Waals surface area contributed by atoms with E-state index in [1.165, 1.54) is 4.31 Å². The Balaban J connectivity index is 2.33. The van der Waals surface area contributed by atoms with Crippen molar-refractivity contribution in [3.05, 3.63) is 23.8 Å². The summed E-state index contributed by atoms with van der Waals surface area (Å²) in [6.45, 7) is 3.52. The summed E-state index contributed by atoms with van der Waals surface area (Å²) in [5, 5.41) is 0. The molecule has 1 aliphatic heterocycles. The molecule has 94 valence electrons. The van der Waals surface area contributed by atoms with Gasteiger partial charge < -0.3 is 10.5 Å². The van der Waals surface area contributed by atoms with Gasteiger partial charge in [0.15, 0.2) is 0 Å². The fourth-order valence-corrected chi connectivity index (χ4v) is 3.24. The predicted molar refractivity (Wildman–Crippen MR) is 65.2 cm³/mol. The molecule has 1 aliphatic rings. The first kappa shape index (κ1) is 12.3. The highest BCUT2D eigenvalue weighted by atomic mass is 32.2. The number of benzene rings is 1. The van der Waals surface area contributed by atoms with Crippen LogP contribution in [-0.2, 0) is 14.8 Å². The average Bonchev–Trinajstić information content (AvgIpc) is 2.33. The van der Waals surface area contributed by atoms with Crippen LogP contribution in [0.4, 0.5) is 5.69 Å². The lowest BCUT2D eigenvalue weighted by molar-refractivity contribution is 0.0730. The summed E-state index contributed by atoms with van der Waals surface area (Å²) in [5.74, 6) is 0. The quantitative estimate of drug-likeness (QED) is 0.786. The number of nitrogens with zero attached hydrogens (tertiary/aromatic N) is 1. The number of anilines is 1. The molecule has 1 heterocycles. The molecular formula is C11H16N2O3S. The van der Waals surface area contributed by atoms with Crippen LogP contribution in [0.2, 0.25) is 0 Å². The van der Waals surface area contributed by atoms with Crippen LogP contribution in [0.3, 0.4) is 0 Å². The summed E-state index contributed by atoms with van der Waals surface area (Å²) in [4.78, 5) is 0.297. The summed E-state index contributed by atoms with van der Waals surface area (Å²) in [6, 6.07) is 4.79. The fraction of sp³-hybridized carbons (Fsp3) is 0.455. The molecule has 2 N–H and O–H groups in total. The van der Waals surface area contributed by atoms with Gasteiger partial charge in [0.25, 0.3) is 0 Å². The SMILES string of the molecule is Cc1cc(S(=O)(=O)N2CCOCC2)ccc1N. The zero-order chi connectivity index (χ0) is 12.5. The standard InChI is InChI=1S/C11H16N2O3S/c1-9-8-10(2-3-11(9)12)17(14,15)13-4-6-16-7-5-13/h2-3,8H,4-7,12H2,1H3. The third-order valence-electron chi connectivity index (χ3n) is 2.85. The van der Waals surface area contributed by atoms with Gasteiger partial charge in [0.05, 0.1) is 18.1 Å². The van der Waals surface area contributed by atoms with Crippen molar-refractivity contribution in [3.8, 4) is 0 Å². The molecule has 0 radical (unpaired) electrons. The third-order valence-corrected chi connectivity index (χ3v) is 4.74. The number of nitrogen functional groups attached to an aromatic ring is 1. The summed E-state index contributed by atoms with van der Waals surface area (Å²) >= 11 is 0. The molecule has 1 aromatic rings. The highest BCUT2D eigenvalue weighted by Gasteiger charge is 2.26. The van der Waals surface area contributed by atoms with Crippen molar-refractivity contribution in [2.45, 2.75) is 11.8 Å². The van der Waals surface area contributed by atoms with Crippen LogP contribution in [0.15, 0.2) is 23.1 Å². The molecule has 17 heavy (non-hydrogen) atoms. The van der Waals surface area contributed by atoms with Crippen LogP contribution < -0.4 is 5.73 Å². The van der Waals surface area contributed by atoms with Crippen LogP contribution in [0.1, 0.15) is 5.56 Å². The van der Waals surface area contributed by atoms with Gasteiger partial charge in [-0.15, -0.1) is 0 Å². The molecule has 0 bridgehead atoms. The highest BCUT2D eigenvalue weighted by Crippen LogP contribution is 2.21. The molecule has 0 amide bonds. The van der Waals surface area contributed by atoms with E-state index in [2.05, 4.69) is 0 Å². The van der Waals surface area contributed by atoms with Crippen LogP contribution >= 0.6 is 0 Å². The number of morpholine rings is 1. The van der Waals surface area contributed by atoms with Crippen LogP contribution in [0.25, 0.3) is 0 Å². The van der Waals surface area contributed by atoms with Crippen molar-refractivity contribution in [1.29, 1.82) is 0 Å². The molecule has 1 fully saturated rings. The number of hydrogen-bond donors (Lipinski definition) is 1. The van der Waals surface area contributed by atoms with E-state index >= 15 is 0 Å². The van der Waals surface area contributed by atoms with Gasteiger partial charge in [0.2, 0.25) is 10.0 Å². The second kappa shape index (κ2) is 4.64. The van der Waals surface area contributed by atoms with E-state index in [-0.39, 0.29) is 0 Å². The van der Waals surface area contributed by atoms with Crippen molar-refractivity contribution in [3.63, 3.8) is 0 Å². The van der Waals surface area contributed by atoms with Crippen LogP contribution in [0, 0.1) is 6.92 Å². The lowest BCUT2D eigenvalue weighted by Gasteiger charge is -2.26. The van der Waals surface area contributed by atoms with Gasteiger partial charge in [0.1, 0.15) is 0 Å². The van der Waals surface area contributed by atoms with E-state index in [0.717, 1.165) is 5.56 Å². The van der Waals surface area contributed by atoms with Gasteiger partial charge in [-0.05, 0) is 30.7 Å². The van der Waals surface area contributed by atoms with Gasteiger partial charge in [-0.1, -0.05) is 0 Å². The van der Waals surface area contributed by atoms with E-state index in [0.29, 0.717) is 36.9 Å². The smallest absolute Gasteiger partial charge is 0.243 e. The second-order valence-corrected chi connectivity index (χ2v) is 5.97. The Kier molecular flexibility index (Phi) is 3.37. The summed E-state index contributed by atoms with van der Waals surface area (Å²) in [5.41, 5.74) is 7.06. The molecule has 0 unspecified atom stereocenters. The van der Waals surface area contributed by atoms with Crippen LogP contribution in [-0.4, -0.2) is 39.0 Å². The Morgan fingerprint density at radius 3 is 2.53 bits per heavy atom. The first-order valence-corrected chi connectivity index (χ1v) is 6.90. The van der Waals surface area contributed by atoms with E-state index in [4.69, 9.17) is 10.5 Å². The molecule has 0 aromatic heterocycles. The number of ether oxygens (including phenoxy) is 1. The zero-order valence-electron chi connectivity index (χ0n) is 9.72. The number of aryl methyl sites for hydroxylation is 1. The lowest BCUT2D eigenvalue weighted by atomic mass is 10.2. The first-order valence-electron chi connectivity index (χ1n) is 5.46. The highest BCUT2D eigenvalue weighted by molar-refractivity contribution is 7.89. The average molecular weight is 256 g/mol. The molecule has 0 atom stereocenters. The Bertz CT molecular complexity index is 507. The first-order chi connectivity index (χ1) is 8.01. The maximum Gasteiger partial charge on any atom is 0.243 e. The minimum atomic E-state index is -3.40. The normalized spacial score (nSPS) is 18.2. The fourth-order valence-electron chi connectivity index (χ4n) is 1.74. The molecule has 1 aromatic carbocycles. The molecular weight excluding hydrogens is 240 g/mol. The number of hydrogen-bond acceptors (Lipinski definition) is 4. The summed E-state index contributed by atoms with van der Waals surface area (Å²) in [7, 11) is -3.40. The Labute approximate surface area is 101 Å². The maximum absolute atomic E-state index is 12.3. The monoisotopic (exact) mass is 256 g/mol.